The molecule has 0 aliphatic heterocycles. The molecule has 0 saturated heterocycles. The molecule has 5 aliphatic carbocycles. The van der Waals surface area contributed by atoms with E-state index in [0.29, 0.717) is 41.3 Å². The fourth-order valence-corrected chi connectivity index (χ4v) is 10.6. The van der Waals surface area contributed by atoms with Crippen LogP contribution in [-0.4, -0.2) is 33.4 Å². The van der Waals surface area contributed by atoms with Crippen LogP contribution in [0.2, 0.25) is 0 Å². The summed E-state index contributed by atoms with van der Waals surface area (Å²) in [6.45, 7) is 29.7. The Hall–Kier alpha value is -4.00. The fraction of sp³-hybridized carbons (Fsp3) is 0.661. The number of hydrogen-bond donors (Lipinski definition) is 2. The van der Waals surface area contributed by atoms with Crippen molar-refractivity contribution < 1.29 is 34.0 Å². The molecule has 7 nitrogen and oxygen atoms in total. The number of carbonyl (C=O) groups excluding carboxylic acids is 2. The molecule has 3 aromatic rings. The Kier molecular flexibility index (Phi) is 19.7. The molecule has 3 aromatic carbocycles. The molecular formula is C59H90O7. The molecule has 66 heavy (non-hydrogen) atoms. The third kappa shape index (κ3) is 13.8. The number of phenols is 2. The lowest BCUT2D eigenvalue weighted by molar-refractivity contribution is -0.231. The summed E-state index contributed by atoms with van der Waals surface area (Å²) in [6, 6.07) is 22.3. The summed E-state index contributed by atoms with van der Waals surface area (Å²) < 4.78 is 18.0. The molecule has 2 atom stereocenters. The lowest BCUT2D eigenvalue weighted by Gasteiger charge is -2.62. The summed E-state index contributed by atoms with van der Waals surface area (Å²) in [6.07, 6.45) is 15.0. The highest BCUT2D eigenvalue weighted by atomic mass is 16.6. The van der Waals surface area contributed by atoms with E-state index < -0.39 is 0 Å². The fourth-order valence-electron chi connectivity index (χ4n) is 10.6. The monoisotopic (exact) mass is 911 g/mol. The van der Waals surface area contributed by atoms with Crippen molar-refractivity contribution in [1.29, 1.82) is 0 Å². The van der Waals surface area contributed by atoms with Crippen LogP contribution in [-0.2, 0) is 19.1 Å². The lowest BCUT2D eigenvalue weighted by Crippen LogP contribution is -2.63. The van der Waals surface area contributed by atoms with Crippen molar-refractivity contribution in [2.45, 2.75) is 203 Å². The highest BCUT2D eigenvalue weighted by Crippen LogP contribution is 2.62. The van der Waals surface area contributed by atoms with Crippen LogP contribution in [0.1, 0.15) is 203 Å². The Morgan fingerprint density at radius 3 is 1.29 bits per heavy atom. The van der Waals surface area contributed by atoms with Crippen LogP contribution < -0.4 is 4.74 Å². The number of esters is 2. The van der Waals surface area contributed by atoms with Crippen LogP contribution in [0.15, 0.2) is 72.8 Å². The van der Waals surface area contributed by atoms with Crippen molar-refractivity contribution in [3.8, 4) is 23.0 Å². The average Bonchev–Trinajstić information content (AvgIpc) is 3.78. The first-order valence-corrected chi connectivity index (χ1v) is 25.9. The molecule has 0 heterocycles. The zero-order valence-corrected chi connectivity index (χ0v) is 43.7. The van der Waals surface area contributed by atoms with Gasteiger partial charge in [0.25, 0.3) is 0 Å². The molecule has 0 amide bonds. The predicted molar refractivity (Wildman–Crippen MR) is 271 cm³/mol. The first kappa shape index (κ1) is 54.6. The third-order valence-electron chi connectivity index (χ3n) is 16.5. The van der Waals surface area contributed by atoms with E-state index in [1.807, 2.05) is 58.9 Å². The van der Waals surface area contributed by atoms with Gasteiger partial charge in [-0.3, -0.25) is 9.59 Å². The molecule has 8 rings (SSSR count). The summed E-state index contributed by atoms with van der Waals surface area (Å²) in [7, 11) is 0. The summed E-state index contributed by atoms with van der Waals surface area (Å²) in [5.74, 6) is 7.23. The van der Waals surface area contributed by atoms with Gasteiger partial charge in [-0.1, -0.05) is 93.5 Å². The number of rotatable bonds is 14. The molecule has 5 fully saturated rings. The Labute approximate surface area is 401 Å². The smallest absolute Gasteiger partial charge is 0.312 e. The van der Waals surface area contributed by atoms with E-state index in [4.69, 9.17) is 19.3 Å². The number of hydrogen-bond acceptors (Lipinski definition) is 7. The summed E-state index contributed by atoms with van der Waals surface area (Å²) >= 11 is 0. The molecule has 5 aliphatic rings. The van der Waals surface area contributed by atoms with E-state index in [9.17, 15) is 14.7 Å². The van der Waals surface area contributed by atoms with Crippen LogP contribution >= 0.6 is 0 Å². The van der Waals surface area contributed by atoms with Crippen LogP contribution in [0.4, 0.5) is 0 Å². The molecule has 4 bridgehead atoms. The molecule has 0 radical (unpaired) electrons. The minimum absolute atomic E-state index is 0.0226. The van der Waals surface area contributed by atoms with Crippen molar-refractivity contribution in [2.75, 3.05) is 0 Å². The Morgan fingerprint density at radius 1 is 0.561 bits per heavy atom. The van der Waals surface area contributed by atoms with Crippen LogP contribution in [0.5, 0.6) is 23.0 Å². The summed E-state index contributed by atoms with van der Waals surface area (Å²) in [5, 5.41) is 18.2. The topological polar surface area (TPSA) is 102 Å². The minimum atomic E-state index is -0.351. The quantitative estimate of drug-likeness (QED) is 0.155. The van der Waals surface area contributed by atoms with E-state index in [1.54, 1.807) is 36.4 Å². The molecule has 5 saturated carbocycles. The SMILES string of the molecule is CCC(C)(C)C(=O)OC1(C(C)C)C2CC3CC(C2)CC1C3.CCC(C)(C)C(=O)OC1(C(C)C)CCCC1.CCC(C)c1ccc(O)cc1.CCC(C)c1ccc(Oc2ccc(O)cc2)cc1. The second kappa shape index (κ2) is 23.8. The molecule has 2 N–H and O–H groups in total. The Balaban J connectivity index is 0.000000197. The molecule has 0 aromatic heterocycles. The van der Waals surface area contributed by atoms with Gasteiger partial charge in [0, 0.05) is 0 Å². The van der Waals surface area contributed by atoms with Gasteiger partial charge in [-0.15, -0.1) is 0 Å². The largest absolute Gasteiger partial charge is 0.508 e. The predicted octanol–water partition coefficient (Wildman–Crippen LogP) is 16.4. The van der Waals surface area contributed by atoms with Gasteiger partial charge < -0.3 is 24.4 Å². The molecule has 0 spiro atoms. The maximum Gasteiger partial charge on any atom is 0.312 e. The first-order chi connectivity index (χ1) is 31.1. The third-order valence-corrected chi connectivity index (χ3v) is 16.5. The van der Waals surface area contributed by atoms with Gasteiger partial charge in [0.15, 0.2) is 0 Å². The van der Waals surface area contributed by atoms with Crippen molar-refractivity contribution in [3.63, 3.8) is 0 Å². The normalized spacial score (nSPS) is 23.6. The van der Waals surface area contributed by atoms with E-state index in [2.05, 4.69) is 74.4 Å². The van der Waals surface area contributed by atoms with Gasteiger partial charge in [0.1, 0.15) is 34.2 Å². The van der Waals surface area contributed by atoms with Crippen LogP contribution in [0.3, 0.4) is 0 Å². The number of carbonyl (C=O) groups is 2. The van der Waals surface area contributed by atoms with E-state index in [1.165, 1.54) is 56.1 Å². The lowest BCUT2D eigenvalue weighted by atomic mass is 9.47. The first-order valence-electron chi connectivity index (χ1n) is 25.9. The van der Waals surface area contributed by atoms with Gasteiger partial charge in [-0.2, -0.15) is 0 Å². The average molecular weight is 911 g/mol. The van der Waals surface area contributed by atoms with Crippen molar-refractivity contribution in [2.24, 2.45) is 46.3 Å². The summed E-state index contributed by atoms with van der Waals surface area (Å²) in [4.78, 5) is 24.9. The molecule has 368 valence electrons. The maximum absolute atomic E-state index is 12.8. The Morgan fingerprint density at radius 2 is 0.924 bits per heavy atom. The van der Waals surface area contributed by atoms with Gasteiger partial charge in [0.05, 0.1) is 10.8 Å². The number of aromatic hydroxyl groups is 2. The maximum atomic E-state index is 12.8. The van der Waals surface area contributed by atoms with Gasteiger partial charge in [0.2, 0.25) is 0 Å². The van der Waals surface area contributed by atoms with Gasteiger partial charge in [-0.25, -0.2) is 0 Å². The van der Waals surface area contributed by atoms with Gasteiger partial charge >= 0.3 is 11.9 Å². The molecular weight excluding hydrogens is 821 g/mol. The van der Waals surface area contributed by atoms with E-state index in [0.717, 1.165) is 61.9 Å². The highest BCUT2D eigenvalue weighted by Gasteiger charge is 2.61. The van der Waals surface area contributed by atoms with Crippen molar-refractivity contribution in [1.82, 2.24) is 0 Å². The second-order valence-corrected chi connectivity index (χ2v) is 22.4. The number of benzene rings is 3. The van der Waals surface area contributed by atoms with Crippen LogP contribution in [0.25, 0.3) is 0 Å². The van der Waals surface area contributed by atoms with Crippen molar-refractivity contribution in [3.05, 3.63) is 83.9 Å². The van der Waals surface area contributed by atoms with Crippen LogP contribution in [0, 0.1) is 46.3 Å². The minimum Gasteiger partial charge on any atom is -0.508 e. The number of phenolic OH excluding ortho intramolecular Hbond substituents is 2. The molecule has 2 unspecified atom stereocenters. The standard InChI is InChI=1S/C19H32O2.C16H18O2.C14H26O2.C10H14O/c1-6-18(4,5)17(20)21-19(12(2)3)15-8-13-7-14(10-15)11-16(19)9-13;1-3-12(2)13-4-8-15(9-5-13)18-16-10-6-14(17)7-11-16;1-6-13(4,5)12(15)16-14(11(2)3)9-7-8-10-14;1-3-8(2)9-4-6-10(11)7-5-9/h12-16H,6-11H2,1-5H3;4-12,17H,3H2,1-2H3;11H,6-10H2,1-5H3;4-8,11H,3H2,1-2H3. The molecule has 7 heteroatoms. The summed E-state index contributed by atoms with van der Waals surface area (Å²) in [5.41, 5.74) is 1.59. The van der Waals surface area contributed by atoms with Gasteiger partial charge in [-0.05, 0) is 218 Å². The second-order valence-electron chi connectivity index (χ2n) is 22.4. The van der Waals surface area contributed by atoms with E-state index in [-0.39, 0.29) is 39.7 Å². The Bertz CT molecular complexity index is 1890. The zero-order valence-electron chi connectivity index (χ0n) is 43.7. The zero-order chi connectivity index (χ0) is 49.0. The highest BCUT2D eigenvalue weighted by molar-refractivity contribution is 5.77. The number of ether oxygens (including phenoxy) is 3. The van der Waals surface area contributed by atoms with Crippen molar-refractivity contribution >= 4 is 11.9 Å². The van der Waals surface area contributed by atoms with E-state index >= 15 is 0 Å².